The van der Waals surface area contributed by atoms with Gasteiger partial charge in [-0.1, -0.05) is 23.7 Å². The van der Waals surface area contributed by atoms with Crippen molar-refractivity contribution in [3.63, 3.8) is 0 Å². The highest BCUT2D eigenvalue weighted by Gasteiger charge is 2.31. The zero-order valence-electron chi connectivity index (χ0n) is 11.3. The van der Waals surface area contributed by atoms with Crippen molar-refractivity contribution < 1.29 is 27.4 Å². The first-order valence-corrected chi connectivity index (χ1v) is 6.34. The monoisotopic (exact) mass is 371 g/mol. The van der Waals surface area contributed by atoms with Crippen molar-refractivity contribution in [3.05, 3.63) is 58.4 Å². The fraction of sp³-hybridized carbons (Fsp3) is 0.143. The predicted octanol–water partition coefficient (Wildman–Crippen LogP) is 4.55. The second-order valence-electron chi connectivity index (χ2n) is 4.42. The van der Waals surface area contributed by atoms with E-state index in [9.17, 15) is 22.7 Å². The molecule has 0 unspecified atom stereocenters. The van der Waals surface area contributed by atoms with Crippen molar-refractivity contribution in [1.82, 2.24) is 0 Å². The van der Waals surface area contributed by atoms with Gasteiger partial charge in [0.25, 0.3) is 0 Å². The smallest absolute Gasteiger partial charge is 0.505 e. The molecule has 2 rings (SSSR count). The number of phenols is 1. The summed E-state index contributed by atoms with van der Waals surface area (Å²) in [5.74, 6) is -2.01. The fourth-order valence-electron chi connectivity index (χ4n) is 1.88. The Morgan fingerprint density at radius 3 is 2.22 bits per heavy atom. The van der Waals surface area contributed by atoms with Crippen molar-refractivity contribution in [2.24, 2.45) is 5.73 Å². The second kappa shape index (κ2) is 7.25. The average Bonchev–Trinajstić information content (AvgIpc) is 2.41. The molecule has 0 saturated carbocycles. The molecule has 0 saturated heterocycles. The van der Waals surface area contributed by atoms with Crippen LogP contribution in [0.4, 0.5) is 17.6 Å². The highest BCUT2D eigenvalue weighted by atomic mass is 35.5. The molecule has 0 amide bonds. The van der Waals surface area contributed by atoms with Gasteiger partial charge in [0.15, 0.2) is 11.6 Å². The van der Waals surface area contributed by atoms with Crippen LogP contribution in [0.2, 0.25) is 5.02 Å². The van der Waals surface area contributed by atoms with Gasteiger partial charge in [0.2, 0.25) is 0 Å². The van der Waals surface area contributed by atoms with Crippen LogP contribution < -0.4 is 10.5 Å². The van der Waals surface area contributed by atoms with Crippen molar-refractivity contribution in [2.75, 3.05) is 0 Å². The summed E-state index contributed by atoms with van der Waals surface area (Å²) >= 11 is 5.70. The number of aromatic hydroxyl groups is 1. The summed E-state index contributed by atoms with van der Waals surface area (Å²) in [6, 6.07) is 5.95. The van der Waals surface area contributed by atoms with Gasteiger partial charge in [0.05, 0.1) is 6.04 Å². The number of hydrogen-bond donors (Lipinski definition) is 2. The van der Waals surface area contributed by atoms with Gasteiger partial charge in [-0.2, -0.15) is 0 Å². The number of hydrogen-bond acceptors (Lipinski definition) is 3. The molecule has 2 aromatic carbocycles. The number of rotatable bonds is 3. The zero-order chi connectivity index (χ0) is 16.5. The van der Waals surface area contributed by atoms with E-state index in [2.05, 4.69) is 4.74 Å². The molecule has 0 fully saturated rings. The highest BCUT2D eigenvalue weighted by molar-refractivity contribution is 6.30. The predicted molar refractivity (Wildman–Crippen MR) is 79.5 cm³/mol. The van der Waals surface area contributed by atoms with Gasteiger partial charge in [0.1, 0.15) is 5.75 Å². The molecule has 0 aliphatic heterocycles. The molecule has 126 valence electrons. The fourth-order valence-corrected chi connectivity index (χ4v) is 2.09. The van der Waals surface area contributed by atoms with Crippen LogP contribution in [0.5, 0.6) is 11.5 Å². The summed E-state index contributed by atoms with van der Waals surface area (Å²) < 4.78 is 53.4. The Hall–Kier alpha value is -1.70. The Morgan fingerprint density at radius 2 is 1.70 bits per heavy atom. The van der Waals surface area contributed by atoms with Gasteiger partial charge in [-0.05, 0) is 29.8 Å². The minimum Gasteiger partial charge on any atom is -0.505 e. The Kier molecular flexibility index (Phi) is 6.10. The van der Waals surface area contributed by atoms with Crippen molar-refractivity contribution >= 4 is 24.0 Å². The van der Waals surface area contributed by atoms with E-state index in [1.807, 2.05) is 0 Å². The lowest BCUT2D eigenvalue weighted by Crippen LogP contribution is -2.17. The van der Waals surface area contributed by atoms with Crippen LogP contribution in [-0.2, 0) is 0 Å². The van der Waals surface area contributed by atoms with Gasteiger partial charge in [-0.25, -0.2) is 4.39 Å². The van der Waals surface area contributed by atoms with Crippen molar-refractivity contribution in [1.29, 1.82) is 0 Å². The molecular weight excluding hydrogens is 361 g/mol. The third kappa shape index (κ3) is 4.89. The third-order valence-corrected chi connectivity index (χ3v) is 3.08. The van der Waals surface area contributed by atoms with E-state index in [-0.39, 0.29) is 23.0 Å². The topological polar surface area (TPSA) is 55.5 Å². The molecule has 0 heterocycles. The zero-order valence-corrected chi connectivity index (χ0v) is 12.8. The van der Waals surface area contributed by atoms with E-state index < -0.39 is 29.7 Å². The van der Waals surface area contributed by atoms with Gasteiger partial charge < -0.3 is 15.6 Å². The number of nitrogens with two attached hydrogens (primary N) is 1. The Bertz CT molecular complexity index is 678. The molecule has 1 atom stereocenters. The van der Waals surface area contributed by atoms with Crippen LogP contribution in [0.3, 0.4) is 0 Å². The Balaban J connectivity index is 0.00000264. The normalized spacial score (nSPS) is 12.4. The van der Waals surface area contributed by atoms with E-state index in [4.69, 9.17) is 17.3 Å². The molecule has 23 heavy (non-hydrogen) atoms. The lowest BCUT2D eigenvalue weighted by Gasteiger charge is -2.16. The highest BCUT2D eigenvalue weighted by Crippen LogP contribution is 2.33. The van der Waals surface area contributed by atoms with E-state index in [0.29, 0.717) is 5.56 Å². The molecule has 0 aliphatic carbocycles. The Morgan fingerprint density at radius 1 is 1.13 bits per heavy atom. The summed E-state index contributed by atoms with van der Waals surface area (Å²) in [4.78, 5) is 0. The molecular formula is C14H11Cl2F4NO2. The van der Waals surface area contributed by atoms with E-state index in [1.54, 1.807) is 0 Å². The quantitative estimate of drug-likeness (QED) is 0.778. The van der Waals surface area contributed by atoms with Crippen molar-refractivity contribution in [2.45, 2.75) is 12.4 Å². The van der Waals surface area contributed by atoms with Crippen LogP contribution in [0.25, 0.3) is 0 Å². The maximum Gasteiger partial charge on any atom is 0.573 e. The minimum absolute atomic E-state index is 0. The van der Waals surface area contributed by atoms with Gasteiger partial charge >= 0.3 is 6.36 Å². The lowest BCUT2D eigenvalue weighted by atomic mass is 9.98. The SMILES string of the molecule is Cl.N[C@@H](c1ccc(OC(F)(F)F)cc1)c1cc(Cl)cc(F)c1O. The minimum atomic E-state index is -4.79. The van der Waals surface area contributed by atoms with Crippen LogP contribution in [-0.4, -0.2) is 11.5 Å². The molecule has 0 spiro atoms. The summed E-state index contributed by atoms with van der Waals surface area (Å²) in [7, 11) is 0. The summed E-state index contributed by atoms with van der Waals surface area (Å²) in [5.41, 5.74) is 6.26. The number of phenolic OH excluding ortho intramolecular Hbond substituents is 1. The summed E-state index contributed by atoms with van der Waals surface area (Å²) in [5, 5.41) is 9.71. The van der Waals surface area contributed by atoms with Gasteiger partial charge in [-0.15, -0.1) is 25.6 Å². The van der Waals surface area contributed by atoms with E-state index in [1.165, 1.54) is 18.2 Å². The maximum atomic E-state index is 13.4. The maximum absolute atomic E-state index is 13.4. The average molecular weight is 372 g/mol. The molecule has 2 aromatic rings. The number of benzene rings is 2. The largest absolute Gasteiger partial charge is 0.573 e. The summed E-state index contributed by atoms with van der Waals surface area (Å²) in [6.07, 6.45) is -4.79. The van der Waals surface area contributed by atoms with Crippen LogP contribution in [0.15, 0.2) is 36.4 Å². The summed E-state index contributed by atoms with van der Waals surface area (Å²) in [6.45, 7) is 0. The first-order chi connectivity index (χ1) is 10.2. The standard InChI is InChI=1S/C14H10ClF4NO2.ClH/c15-8-5-10(13(21)11(16)6-8)12(20)7-1-3-9(4-2-7)22-14(17,18)19;/h1-6,12,21H,20H2;1H/t12-;/m0./s1. The molecule has 3 nitrogen and oxygen atoms in total. The lowest BCUT2D eigenvalue weighted by molar-refractivity contribution is -0.274. The number of alkyl halides is 3. The van der Waals surface area contributed by atoms with Crippen molar-refractivity contribution in [3.8, 4) is 11.5 Å². The molecule has 3 N–H and O–H groups in total. The second-order valence-corrected chi connectivity index (χ2v) is 4.86. The van der Waals surface area contributed by atoms with Crippen LogP contribution in [0, 0.1) is 5.82 Å². The number of halogens is 6. The van der Waals surface area contributed by atoms with E-state index >= 15 is 0 Å². The molecule has 0 aromatic heterocycles. The van der Waals surface area contributed by atoms with Crippen LogP contribution in [0.1, 0.15) is 17.2 Å². The molecule has 0 radical (unpaired) electrons. The molecule has 0 aliphatic rings. The Labute approximate surface area is 140 Å². The number of ether oxygens (including phenoxy) is 1. The first-order valence-electron chi connectivity index (χ1n) is 5.96. The molecule has 0 bridgehead atoms. The molecule has 9 heteroatoms. The van der Waals surface area contributed by atoms with Crippen LogP contribution >= 0.6 is 24.0 Å². The first kappa shape index (κ1) is 19.3. The van der Waals surface area contributed by atoms with E-state index in [0.717, 1.165) is 18.2 Å². The third-order valence-electron chi connectivity index (χ3n) is 2.87. The van der Waals surface area contributed by atoms with Gasteiger partial charge in [-0.3, -0.25) is 0 Å². The van der Waals surface area contributed by atoms with Gasteiger partial charge in [0, 0.05) is 10.6 Å².